The third-order valence-corrected chi connectivity index (χ3v) is 2.94. The number of hydrogen-bond acceptors (Lipinski definition) is 2. The average molecular weight is 212 g/mol. The quantitative estimate of drug-likeness (QED) is 0.708. The molecule has 3 rings (SSSR count). The van der Waals surface area contributed by atoms with Gasteiger partial charge in [-0.1, -0.05) is 24.3 Å². The van der Waals surface area contributed by atoms with E-state index in [0.29, 0.717) is 6.42 Å². The van der Waals surface area contributed by atoms with Crippen molar-refractivity contribution in [1.29, 1.82) is 0 Å². The van der Waals surface area contributed by atoms with Crippen molar-refractivity contribution in [3.8, 4) is 0 Å². The Kier molecular flexibility index (Phi) is 2.15. The first-order valence-corrected chi connectivity index (χ1v) is 5.39. The number of furan rings is 1. The number of benzene rings is 2. The van der Waals surface area contributed by atoms with Crippen molar-refractivity contribution < 1.29 is 9.52 Å². The van der Waals surface area contributed by atoms with E-state index < -0.39 is 0 Å². The zero-order chi connectivity index (χ0) is 11.0. The van der Waals surface area contributed by atoms with Crippen LogP contribution in [0.15, 0.2) is 47.1 Å². The predicted molar refractivity (Wildman–Crippen MR) is 64.5 cm³/mol. The molecule has 0 bridgehead atoms. The second-order valence-electron chi connectivity index (χ2n) is 3.89. The minimum Gasteiger partial charge on any atom is -0.464 e. The van der Waals surface area contributed by atoms with E-state index in [1.807, 2.05) is 18.2 Å². The summed E-state index contributed by atoms with van der Waals surface area (Å²) in [6.07, 6.45) is 2.39. The monoisotopic (exact) mass is 212 g/mol. The van der Waals surface area contributed by atoms with Gasteiger partial charge in [-0.3, -0.25) is 0 Å². The summed E-state index contributed by atoms with van der Waals surface area (Å²) in [6, 6.07) is 12.2. The molecule has 0 saturated heterocycles. The molecule has 2 heteroatoms. The van der Waals surface area contributed by atoms with Gasteiger partial charge >= 0.3 is 0 Å². The Morgan fingerprint density at radius 2 is 2.00 bits per heavy atom. The van der Waals surface area contributed by atoms with Crippen molar-refractivity contribution >= 4 is 21.7 Å². The van der Waals surface area contributed by atoms with Crippen LogP contribution in [-0.2, 0) is 6.42 Å². The van der Waals surface area contributed by atoms with E-state index in [-0.39, 0.29) is 6.61 Å². The highest BCUT2D eigenvalue weighted by Gasteiger charge is 2.06. The van der Waals surface area contributed by atoms with E-state index >= 15 is 0 Å². The summed E-state index contributed by atoms with van der Waals surface area (Å²) in [5.41, 5.74) is 2.07. The van der Waals surface area contributed by atoms with Crippen LogP contribution in [0, 0.1) is 0 Å². The summed E-state index contributed by atoms with van der Waals surface area (Å²) < 4.78 is 5.40. The van der Waals surface area contributed by atoms with Gasteiger partial charge in [0, 0.05) is 12.0 Å². The summed E-state index contributed by atoms with van der Waals surface area (Å²) in [5, 5.41) is 12.6. The van der Waals surface area contributed by atoms with Crippen LogP contribution in [0.25, 0.3) is 21.7 Å². The second-order valence-corrected chi connectivity index (χ2v) is 3.89. The first-order valence-electron chi connectivity index (χ1n) is 5.39. The lowest BCUT2D eigenvalue weighted by Crippen LogP contribution is -1.91. The van der Waals surface area contributed by atoms with Crippen LogP contribution in [0.5, 0.6) is 0 Å². The Morgan fingerprint density at radius 3 is 2.88 bits per heavy atom. The Bertz CT molecular complexity index is 637. The average Bonchev–Trinajstić information content (AvgIpc) is 2.77. The highest BCUT2D eigenvalue weighted by molar-refractivity contribution is 6.07. The lowest BCUT2D eigenvalue weighted by atomic mass is 9.99. The van der Waals surface area contributed by atoms with Crippen LogP contribution in [0.4, 0.5) is 0 Å². The van der Waals surface area contributed by atoms with E-state index in [1.54, 1.807) is 6.26 Å². The van der Waals surface area contributed by atoms with Crippen LogP contribution in [0.2, 0.25) is 0 Å². The molecule has 0 aliphatic carbocycles. The van der Waals surface area contributed by atoms with Crippen molar-refractivity contribution in [2.75, 3.05) is 6.61 Å². The Labute approximate surface area is 93.1 Å². The number of aliphatic hydroxyl groups excluding tert-OH is 1. The lowest BCUT2D eigenvalue weighted by molar-refractivity contribution is 0.300. The normalized spacial score (nSPS) is 11.3. The number of aliphatic hydroxyl groups is 1. The van der Waals surface area contributed by atoms with Crippen molar-refractivity contribution in [1.82, 2.24) is 0 Å². The second kappa shape index (κ2) is 3.65. The maximum absolute atomic E-state index is 9.08. The molecular weight excluding hydrogens is 200 g/mol. The highest BCUT2D eigenvalue weighted by atomic mass is 16.3. The van der Waals surface area contributed by atoms with Gasteiger partial charge in [0.25, 0.3) is 0 Å². The van der Waals surface area contributed by atoms with Crippen LogP contribution in [0.3, 0.4) is 0 Å². The zero-order valence-corrected chi connectivity index (χ0v) is 8.81. The standard InChI is InChI=1S/C14H12O2/c15-8-6-11-3-1-2-10-4-5-13-12(14(10)11)7-9-16-13/h1-5,7,9,15H,6,8H2. The van der Waals surface area contributed by atoms with E-state index in [0.717, 1.165) is 11.0 Å². The molecule has 2 aromatic carbocycles. The van der Waals surface area contributed by atoms with Gasteiger partial charge in [-0.15, -0.1) is 0 Å². The predicted octanol–water partition coefficient (Wildman–Crippen LogP) is 3.12. The van der Waals surface area contributed by atoms with Crippen LogP contribution in [0.1, 0.15) is 5.56 Å². The number of rotatable bonds is 2. The van der Waals surface area contributed by atoms with Crippen molar-refractivity contribution in [2.24, 2.45) is 0 Å². The molecule has 1 aromatic heterocycles. The van der Waals surface area contributed by atoms with Gasteiger partial charge in [0.05, 0.1) is 6.26 Å². The number of fused-ring (bicyclic) bond motifs is 3. The molecule has 0 amide bonds. The summed E-state index contributed by atoms with van der Waals surface area (Å²) in [6.45, 7) is 0.174. The van der Waals surface area contributed by atoms with Gasteiger partial charge in [0.1, 0.15) is 5.58 Å². The first kappa shape index (κ1) is 9.43. The molecule has 0 unspecified atom stereocenters. The van der Waals surface area contributed by atoms with Gasteiger partial charge in [0.15, 0.2) is 0 Å². The van der Waals surface area contributed by atoms with Crippen molar-refractivity contribution in [3.63, 3.8) is 0 Å². The van der Waals surface area contributed by atoms with Gasteiger partial charge < -0.3 is 9.52 Å². The van der Waals surface area contributed by atoms with E-state index in [9.17, 15) is 0 Å². The fraction of sp³-hybridized carbons (Fsp3) is 0.143. The minimum atomic E-state index is 0.174. The molecule has 2 nitrogen and oxygen atoms in total. The number of hydrogen-bond donors (Lipinski definition) is 1. The molecule has 1 N–H and O–H groups in total. The topological polar surface area (TPSA) is 33.4 Å². The molecule has 0 atom stereocenters. The van der Waals surface area contributed by atoms with Gasteiger partial charge in [-0.25, -0.2) is 0 Å². The van der Waals surface area contributed by atoms with Gasteiger partial charge in [0.2, 0.25) is 0 Å². The molecule has 16 heavy (non-hydrogen) atoms. The maximum atomic E-state index is 9.08. The summed E-state index contributed by atoms with van der Waals surface area (Å²) in [7, 11) is 0. The molecule has 0 fully saturated rings. The molecule has 1 heterocycles. The van der Waals surface area contributed by atoms with Crippen molar-refractivity contribution in [2.45, 2.75) is 6.42 Å². The molecule has 0 aliphatic heterocycles. The maximum Gasteiger partial charge on any atom is 0.134 e. The van der Waals surface area contributed by atoms with E-state index in [2.05, 4.69) is 18.2 Å². The largest absolute Gasteiger partial charge is 0.464 e. The molecule has 0 aliphatic rings. The first-order chi connectivity index (χ1) is 7.90. The molecule has 3 aromatic rings. The van der Waals surface area contributed by atoms with Crippen LogP contribution >= 0.6 is 0 Å². The third kappa shape index (κ3) is 1.31. The SMILES string of the molecule is OCCc1cccc2ccc3occc3c12. The Morgan fingerprint density at radius 1 is 1.06 bits per heavy atom. The van der Waals surface area contributed by atoms with Gasteiger partial charge in [-0.05, 0) is 34.9 Å². The summed E-state index contributed by atoms with van der Waals surface area (Å²) in [4.78, 5) is 0. The molecule has 80 valence electrons. The summed E-state index contributed by atoms with van der Waals surface area (Å²) >= 11 is 0. The van der Waals surface area contributed by atoms with E-state index in [4.69, 9.17) is 9.52 Å². The highest BCUT2D eigenvalue weighted by Crippen LogP contribution is 2.29. The fourth-order valence-electron chi connectivity index (χ4n) is 2.24. The third-order valence-electron chi connectivity index (χ3n) is 2.94. The Balaban J connectivity index is 2.44. The summed E-state index contributed by atoms with van der Waals surface area (Å²) in [5.74, 6) is 0. The molecule has 0 saturated carbocycles. The van der Waals surface area contributed by atoms with Crippen LogP contribution < -0.4 is 0 Å². The van der Waals surface area contributed by atoms with Crippen LogP contribution in [-0.4, -0.2) is 11.7 Å². The van der Waals surface area contributed by atoms with E-state index in [1.165, 1.54) is 16.3 Å². The molecule has 0 spiro atoms. The smallest absolute Gasteiger partial charge is 0.134 e. The molecular formula is C14H12O2. The molecule has 0 radical (unpaired) electrons. The lowest BCUT2D eigenvalue weighted by Gasteiger charge is -2.05. The van der Waals surface area contributed by atoms with Crippen molar-refractivity contribution in [3.05, 3.63) is 48.2 Å². The fourth-order valence-corrected chi connectivity index (χ4v) is 2.24. The Hall–Kier alpha value is -1.80. The van der Waals surface area contributed by atoms with Gasteiger partial charge in [-0.2, -0.15) is 0 Å². The zero-order valence-electron chi connectivity index (χ0n) is 8.81. The minimum absolute atomic E-state index is 0.174.